The number of hydrogen-bond donors (Lipinski definition) is 1. The van der Waals surface area contributed by atoms with Gasteiger partial charge in [-0.3, -0.25) is 0 Å². The largest absolute Gasteiger partial charge is 0.463 e. The van der Waals surface area contributed by atoms with Gasteiger partial charge in [0, 0.05) is 0 Å². The van der Waals surface area contributed by atoms with Gasteiger partial charge in [0.2, 0.25) is 0 Å². The van der Waals surface area contributed by atoms with Crippen LogP contribution >= 0.6 is 0 Å². The molecule has 0 saturated heterocycles. The van der Waals surface area contributed by atoms with Crippen LogP contribution in [0.3, 0.4) is 0 Å². The van der Waals surface area contributed by atoms with Gasteiger partial charge in [0.05, 0.1) is 6.54 Å². The van der Waals surface area contributed by atoms with E-state index in [-0.39, 0.29) is 0 Å². The average Bonchev–Trinajstić information content (AvgIpc) is 2.16. The molecule has 4 nitrogen and oxygen atoms in total. The second-order valence-electron chi connectivity index (χ2n) is 2.83. The van der Waals surface area contributed by atoms with Gasteiger partial charge < -0.3 is 9.94 Å². The van der Waals surface area contributed by atoms with Crippen LogP contribution in [0, 0.1) is 6.92 Å². The standard InChI is InChI=1S/C10H13NO3/c1-3-11(10(12)13)14-9-7-5-4-6-8(9)2/h4-7H,3H2,1-2H3,(H,12,13). The minimum atomic E-state index is -1.09. The zero-order chi connectivity index (χ0) is 10.6. The maximum absolute atomic E-state index is 10.6. The number of nitrogens with zero attached hydrogens (tertiary/aromatic N) is 1. The lowest BCUT2D eigenvalue weighted by atomic mass is 10.2. The van der Waals surface area contributed by atoms with Crippen LogP contribution in [0.5, 0.6) is 5.75 Å². The van der Waals surface area contributed by atoms with Crippen molar-refractivity contribution in [1.82, 2.24) is 5.06 Å². The first kappa shape index (κ1) is 10.4. The summed E-state index contributed by atoms with van der Waals surface area (Å²) in [6, 6.07) is 7.28. The zero-order valence-electron chi connectivity index (χ0n) is 8.23. The fraction of sp³-hybridized carbons (Fsp3) is 0.300. The Morgan fingerprint density at radius 3 is 2.64 bits per heavy atom. The third-order valence-electron chi connectivity index (χ3n) is 1.80. The monoisotopic (exact) mass is 195 g/mol. The summed E-state index contributed by atoms with van der Waals surface area (Å²) < 4.78 is 0. The molecule has 0 saturated carbocycles. The fourth-order valence-electron chi connectivity index (χ4n) is 1.02. The van der Waals surface area contributed by atoms with Crippen LogP contribution in [0.25, 0.3) is 0 Å². The lowest BCUT2D eigenvalue weighted by Crippen LogP contribution is -2.32. The molecule has 1 aromatic carbocycles. The summed E-state index contributed by atoms with van der Waals surface area (Å²) in [5, 5.41) is 9.62. The molecule has 1 N–H and O–H groups in total. The summed E-state index contributed by atoms with van der Waals surface area (Å²) in [5.74, 6) is 0.566. The highest BCUT2D eigenvalue weighted by Gasteiger charge is 2.11. The van der Waals surface area contributed by atoms with E-state index in [4.69, 9.17) is 9.94 Å². The zero-order valence-corrected chi connectivity index (χ0v) is 8.23. The molecule has 14 heavy (non-hydrogen) atoms. The second kappa shape index (κ2) is 4.50. The van der Waals surface area contributed by atoms with Crippen molar-refractivity contribution in [3.05, 3.63) is 29.8 Å². The van der Waals surface area contributed by atoms with Gasteiger partial charge in [0.25, 0.3) is 0 Å². The SMILES string of the molecule is CCN(Oc1ccccc1C)C(=O)O. The predicted molar refractivity (Wildman–Crippen MR) is 52.2 cm³/mol. The number of hydroxylamine groups is 2. The average molecular weight is 195 g/mol. The van der Waals surface area contributed by atoms with Crippen molar-refractivity contribution in [2.75, 3.05) is 6.54 Å². The van der Waals surface area contributed by atoms with Crippen molar-refractivity contribution in [2.24, 2.45) is 0 Å². The van der Waals surface area contributed by atoms with Gasteiger partial charge in [0.15, 0.2) is 5.75 Å². The van der Waals surface area contributed by atoms with E-state index < -0.39 is 6.09 Å². The van der Waals surface area contributed by atoms with E-state index in [9.17, 15) is 4.79 Å². The highest BCUT2D eigenvalue weighted by atomic mass is 16.7. The molecular formula is C10H13NO3. The summed E-state index contributed by atoms with van der Waals surface area (Å²) in [5.41, 5.74) is 0.909. The first-order chi connectivity index (χ1) is 6.65. The minimum absolute atomic E-state index is 0.295. The van der Waals surface area contributed by atoms with Crippen LogP contribution in [-0.4, -0.2) is 22.8 Å². The van der Waals surface area contributed by atoms with Crippen molar-refractivity contribution in [1.29, 1.82) is 0 Å². The molecule has 0 spiro atoms. The Hall–Kier alpha value is -1.71. The Morgan fingerprint density at radius 2 is 2.14 bits per heavy atom. The highest BCUT2D eigenvalue weighted by molar-refractivity contribution is 5.63. The van der Waals surface area contributed by atoms with E-state index in [2.05, 4.69) is 0 Å². The lowest BCUT2D eigenvalue weighted by Gasteiger charge is -2.18. The van der Waals surface area contributed by atoms with Crippen molar-refractivity contribution >= 4 is 6.09 Å². The quantitative estimate of drug-likeness (QED) is 0.753. The van der Waals surface area contributed by atoms with E-state index in [0.29, 0.717) is 12.3 Å². The van der Waals surface area contributed by atoms with Crippen LogP contribution in [0.15, 0.2) is 24.3 Å². The molecule has 0 unspecified atom stereocenters. The van der Waals surface area contributed by atoms with Crippen molar-refractivity contribution < 1.29 is 14.7 Å². The van der Waals surface area contributed by atoms with Crippen molar-refractivity contribution in [3.63, 3.8) is 0 Å². The first-order valence-corrected chi connectivity index (χ1v) is 4.39. The Morgan fingerprint density at radius 1 is 1.50 bits per heavy atom. The maximum Gasteiger partial charge on any atom is 0.440 e. The summed E-state index contributed by atoms with van der Waals surface area (Å²) in [6.07, 6.45) is -1.09. The molecule has 0 atom stereocenters. The van der Waals surface area contributed by atoms with Gasteiger partial charge in [-0.05, 0) is 25.5 Å². The number of benzene rings is 1. The molecule has 1 aromatic rings. The molecule has 0 radical (unpaired) electrons. The molecule has 0 aliphatic heterocycles. The molecule has 1 amide bonds. The molecule has 4 heteroatoms. The number of aryl methyl sites for hydroxylation is 1. The van der Waals surface area contributed by atoms with Gasteiger partial charge >= 0.3 is 6.09 Å². The van der Waals surface area contributed by atoms with E-state index in [0.717, 1.165) is 10.6 Å². The molecular weight excluding hydrogens is 182 g/mol. The molecule has 0 aliphatic carbocycles. The molecule has 0 aromatic heterocycles. The first-order valence-electron chi connectivity index (χ1n) is 4.39. The summed E-state index contributed by atoms with van der Waals surface area (Å²) >= 11 is 0. The van der Waals surface area contributed by atoms with Gasteiger partial charge in [-0.1, -0.05) is 18.2 Å². The van der Waals surface area contributed by atoms with Crippen LogP contribution in [0.4, 0.5) is 4.79 Å². The number of rotatable bonds is 3. The smallest absolute Gasteiger partial charge is 0.440 e. The van der Waals surface area contributed by atoms with Gasteiger partial charge in [0.1, 0.15) is 0 Å². The summed E-state index contributed by atoms with van der Waals surface area (Å²) in [6.45, 7) is 3.88. The topological polar surface area (TPSA) is 49.8 Å². The van der Waals surface area contributed by atoms with Gasteiger partial charge in [-0.25, -0.2) is 4.79 Å². The molecule has 0 heterocycles. The maximum atomic E-state index is 10.6. The Bertz CT molecular complexity index is 325. The van der Waals surface area contributed by atoms with Crippen LogP contribution in [0.1, 0.15) is 12.5 Å². The minimum Gasteiger partial charge on any atom is -0.463 e. The van der Waals surface area contributed by atoms with Crippen LogP contribution < -0.4 is 4.84 Å². The number of hydrogen-bond acceptors (Lipinski definition) is 2. The predicted octanol–water partition coefficient (Wildman–Crippen LogP) is 2.29. The fourth-order valence-corrected chi connectivity index (χ4v) is 1.02. The van der Waals surface area contributed by atoms with Gasteiger partial charge in [-0.15, -0.1) is 5.06 Å². The Kier molecular flexibility index (Phi) is 3.34. The molecule has 0 aliphatic rings. The van der Waals surface area contributed by atoms with E-state index >= 15 is 0 Å². The highest BCUT2D eigenvalue weighted by Crippen LogP contribution is 2.17. The normalized spacial score (nSPS) is 9.57. The molecule has 0 fully saturated rings. The third-order valence-corrected chi connectivity index (χ3v) is 1.80. The van der Waals surface area contributed by atoms with Crippen LogP contribution in [-0.2, 0) is 0 Å². The second-order valence-corrected chi connectivity index (χ2v) is 2.83. The van der Waals surface area contributed by atoms with E-state index in [1.54, 1.807) is 19.1 Å². The van der Waals surface area contributed by atoms with E-state index in [1.165, 1.54) is 0 Å². The number of para-hydroxylation sites is 1. The van der Waals surface area contributed by atoms with Crippen molar-refractivity contribution in [3.8, 4) is 5.75 Å². The Labute approximate surface area is 82.7 Å². The number of carboxylic acid groups (broad SMARTS) is 1. The number of carbonyl (C=O) groups is 1. The Balaban J connectivity index is 2.77. The van der Waals surface area contributed by atoms with Crippen LogP contribution in [0.2, 0.25) is 0 Å². The molecule has 0 bridgehead atoms. The van der Waals surface area contributed by atoms with E-state index in [1.807, 2.05) is 19.1 Å². The lowest BCUT2D eigenvalue weighted by molar-refractivity contribution is -0.0320. The third kappa shape index (κ3) is 2.39. The summed E-state index contributed by atoms with van der Waals surface area (Å²) in [7, 11) is 0. The number of amides is 1. The molecule has 76 valence electrons. The van der Waals surface area contributed by atoms with Crippen molar-refractivity contribution in [2.45, 2.75) is 13.8 Å². The summed E-state index contributed by atoms with van der Waals surface area (Å²) in [4.78, 5) is 15.8. The van der Waals surface area contributed by atoms with Gasteiger partial charge in [-0.2, -0.15) is 0 Å². The molecule has 1 rings (SSSR count).